The molecule has 2 aromatic carbocycles. The summed E-state index contributed by atoms with van der Waals surface area (Å²) >= 11 is 6.28. The van der Waals surface area contributed by atoms with Crippen LogP contribution in [0.2, 0.25) is 5.02 Å². The number of benzene rings is 2. The van der Waals surface area contributed by atoms with Crippen molar-refractivity contribution in [2.24, 2.45) is 0 Å². The summed E-state index contributed by atoms with van der Waals surface area (Å²) in [5.74, 6) is 1.28. The van der Waals surface area contributed by atoms with Gasteiger partial charge in [0.25, 0.3) is 0 Å². The monoisotopic (exact) mass is 305 g/mol. The summed E-state index contributed by atoms with van der Waals surface area (Å²) in [5, 5.41) is 3.97. The molecule has 0 saturated heterocycles. The number of nitrogens with one attached hydrogen (secondary N) is 1. The maximum atomic E-state index is 6.28. The molecule has 2 rings (SSSR count). The number of halogens is 1. The highest BCUT2D eigenvalue weighted by Gasteiger charge is 2.10. The Morgan fingerprint density at radius 1 is 1.00 bits per heavy atom. The molecule has 1 N–H and O–H groups in total. The highest BCUT2D eigenvalue weighted by Crippen LogP contribution is 2.36. The Kier molecular flexibility index (Phi) is 4.97. The average molecular weight is 306 g/mol. The van der Waals surface area contributed by atoms with E-state index in [1.807, 2.05) is 6.07 Å². The zero-order valence-electron chi connectivity index (χ0n) is 12.8. The Hall–Kier alpha value is -1.87. The van der Waals surface area contributed by atoms with Crippen molar-refractivity contribution in [2.45, 2.75) is 20.4 Å². The lowest BCUT2D eigenvalue weighted by Crippen LogP contribution is -2.03. The van der Waals surface area contributed by atoms with Crippen LogP contribution in [-0.4, -0.2) is 14.2 Å². The average Bonchev–Trinajstić information content (AvgIpc) is 2.48. The van der Waals surface area contributed by atoms with Crippen molar-refractivity contribution in [1.29, 1.82) is 0 Å². The molecule has 2 aromatic rings. The summed E-state index contributed by atoms with van der Waals surface area (Å²) in [5.41, 5.74) is 4.58. The number of hydrogen-bond donors (Lipinski definition) is 1. The second kappa shape index (κ2) is 6.72. The first kappa shape index (κ1) is 15.5. The number of rotatable bonds is 5. The summed E-state index contributed by atoms with van der Waals surface area (Å²) in [6, 6.07) is 10.0. The van der Waals surface area contributed by atoms with Crippen LogP contribution in [0.1, 0.15) is 16.7 Å². The zero-order chi connectivity index (χ0) is 15.4. The number of ether oxygens (including phenoxy) is 2. The summed E-state index contributed by atoms with van der Waals surface area (Å²) in [6.45, 7) is 4.90. The molecule has 0 heterocycles. The van der Waals surface area contributed by atoms with Gasteiger partial charge in [-0.1, -0.05) is 35.4 Å². The van der Waals surface area contributed by atoms with E-state index in [0.29, 0.717) is 23.1 Å². The van der Waals surface area contributed by atoms with E-state index in [1.54, 1.807) is 20.3 Å². The van der Waals surface area contributed by atoms with Crippen molar-refractivity contribution in [3.63, 3.8) is 0 Å². The number of hydrogen-bond acceptors (Lipinski definition) is 3. The van der Waals surface area contributed by atoms with Gasteiger partial charge in [-0.05, 0) is 25.0 Å². The second-order valence-corrected chi connectivity index (χ2v) is 5.38. The van der Waals surface area contributed by atoms with Gasteiger partial charge < -0.3 is 14.8 Å². The lowest BCUT2D eigenvalue weighted by atomic mass is 10.1. The van der Waals surface area contributed by atoms with Crippen LogP contribution in [-0.2, 0) is 6.54 Å². The van der Waals surface area contributed by atoms with Crippen LogP contribution in [0, 0.1) is 13.8 Å². The van der Waals surface area contributed by atoms with Crippen LogP contribution >= 0.6 is 11.6 Å². The van der Waals surface area contributed by atoms with Gasteiger partial charge >= 0.3 is 0 Å². The largest absolute Gasteiger partial charge is 0.493 e. The molecule has 0 amide bonds. The molecule has 0 spiro atoms. The molecular formula is C17H20ClNO2. The predicted octanol–water partition coefficient (Wildman–Crippen LogP) is 4.59. The van der Waals surface area contributed by atoms with E-state index >= 15 is 0 Å². The van der Waals surface area contributed by atoms with Crippen LogP contribution in [0.3, 0.4) is 0 Å². The molecule has 0 aliphatic heterocycles. The van der Waals surface area contributed by atoms with Gasteiger partial charge in [0.1, 0.15) is 0 Å². The van der Waals surface area contributed by atoms with Gasteiger partial charge in [0.2, 0.25) is 0 Å². The molecule has 4 heteroatoms. The predicted molar refractivity (Wildman–Crippen MR) is 87.8 cm³/mol. The van der Waals surface area contributed by atoms with Crippen molar-refractivity contribution in [3.8, 4) is 11.5 Å². The van der Waals surface area contributed by atoms with Gasteiger partial charge in [-0.2, -0.15) is 0 Å². The Labute approximate surface area is 130 Å². The fourth-order valence-electron chi connectivity index (χ4n) is 2.17. The first-order valence-corrected chi connectivity index (χ1v) is 7.14. The molecule has 0 aliphatic carbocycles. The maximum absolute atomic E-state index is 6.28. The van der Waals surface area contributed by atoms with Crippen molar-refractivity contribution in [3.05, 3.63) is 52.0 Å². The standard InChI is InChI=1S/C17H20ClNO2/c1-11-5-6-12(2)13(7-11)10-19-15-9-17(21-4)16(20-3)8-14(15)18/h5-9,19H,10H2,1-4H3. The summed E-state index contributed by atoms with van der Waals surface area (Å²) in [6.07, 6.45) is 0. The fourth-order valence-corrected chi connectivity index (χ4v) is 2.39. The van der Waals surface area contributed by atoms with E-state index in [4.69, 9.17) is 21.1 Å². The highest BCUT2D eigenvalue weighted by molar-refractivity contribution is 6.33. The smallest absolute Gasteiger partial charge is 0.162 e. The van der Waals surface area contributed by atoms with Crippen LogP contribution in [0.15, 0.2) is 30.3 Å². The molecule has 21 heavy (non-hydrogen) atoms. The summed E-state index contributed by atoms with van der Waals surface area (Å²) < 4.78 is 10.5. The van der Waals surface area contributed by atoms with Crippen LogP contribution < -0.4 is 14.8 Å². The summed E-state index contributed by atoms with van der Waals surface area (Å²) in [7, 11) is 3.21. The van der Waals surface area contributed by atoms with Crippen molar-refractivity contribution in [1.82, 2.24) is 0 Å². The molecule has 0 fully saturated rings. The van der Waals surface area contributed by atoms with E-state index in [2.05, 4.69) is 37.4 Å². The molecule has 0 saturated carbocycles. The first-order valence-electron chi connectivity index (χ1n) is 6.76. The molecule has 3 nitrogen and oxygen atoms in total. The number of anilines is 1. The van der Waals surface area contributed by atoms with Gasteiger partial charge in [0.15, 0.2) is 11.5 Å². The minimum absolute atomic E-state index is 0.609. The molecule has 0 aromatic heterocycles. The van der Waals surface area contributed by atoms with E-state index in [-0.39, 0.29) is 0 Å². The third-order valence-corrected chi connectivity index (χ3v) is 3.76. The van der Waals surface area contributed by atoms with E-state index in [1.165, 1.54) is 16.7 Å². The Morgan fingerprint density at radius 3 is 2.33 bits per heavy atom. The Morgan fingerprint density at radius 2 is 1.67 bits per heavy atom. The topological polar surface area (TPSA) is 30.5 Å². The van der Waals surface area contributed by atoms with Gasteiger partial charge in [-0.25, -0.2) is 0 Å². The molecule has 0 aliphatic rings. The molecule has 0 radical (unpaired) electrons. The van der Waals surface area contributed by atoms with Gasteiger partial charge in [-0.3, -0.25) is 0 Å². The maximum Gasteiger partial charge on any atom is 0.162 e. The molecule has 0 unspecified atom stereocenters. The highest BCUT2D eigenvalue weighted by atomic mass is 35.5. The van der Waals surface area contributed by atoms with Crippen LogP contribution in [0.4, 0.5) is 5.69 Å². The molecule has 112 valence electrons. The Balaban J connectivity index is 2.21. The van der Waals surface area contributed by atoms with Crippen molar-refractivity contribution < 1.29 is 9.47 Å². The minimum Gasteiger partial charge on any atom is -0.493 e. The fraction of sp³-hybridized carbons (Fsp3) is 0.294. The van der Waals surface area contributed by atoms with Crippen molar-refractivity contribution >= 4 is 17.3 Å². The lowest BCUT2D eigenvalue weighted by molar-refractivity contribution is 0.355. The Bertz CT molecular complexity index is 641. The minimum atomic E-state index is 0.609. The quantitative estimate of drug-likeness (QED) is 0.876. The van der Waals surface area contributed by atoms with Gasteiger partial charge in [0, 0.05) is 18.7 Å². The lowest BCUT2D eigenvalue weighted by Gasteiger charge is -2.14. The van der Waals surface area contributed by atoms with Crippen LogP contribution in [0.25, 0.3) is 0 Å². The first-order chi connectivity index (χ1) is 10.0. The van der Waals surface area contributed by atoms with E-state index in [9.17, 15) is 0 Å². The zero-order valence-corrected chi connectivity index (χ0v) is 13.5. The van der Waals surface area contributed by atoms with E-state index < -0.39 is 0 Å². The van der Waals surface area contributed by atoms with Gasteiger partial charge in [-0.15, -0.1) is 0 Å². The van der Waals surface area contributed by atoms with Crippen LogP contribution in [0.5, 0.6) is 11.5 Å². The third kappa shape index (κ3) is 3.61. The molecule has 0 atom stereocenters. The van der Waals surface area contributed by atoms with Gasteiger partial charge in [0.05, 0.1) is 24.9 Å². The summed E-state index contributed by atoms with van der Waals surface area (Å²) in [4.78, 5) is 0. The number of methoxy groups -OCH3 is 2. The second-order valence-electron chi connectivity index (χ2n) is 4.97. The SMILES string of the molecule is COc1cc(Cl)c(NCc2cc(C)ccc2C)cc1OC. The third-order valence-electron chi connectivity index (χ3n) is 3.45. The normalized spacial score (nSPS) is 10.3. The van der Waals surface area contributed by atoms with E-state index in [0.717, 1.165) is 5.69 Å². The molecular weight excluding hydrogens is 286 g/mol. The molecule has 0 bridgehead atoms. The van der Waals surface area contributed by atoms with Crippen molar-refractivity contribution in [2.75, 3.05) is 19.5 Å². The number of aryl methyl sites for hydroxylation is 2.